The van der Waals surface area contributed by atoms with E-state index in [1.54, 1.807) is 38.1 Å². The van der Waals surface area contributed by atoms with E-state index >= 15 is 0 Å². The van der Waals surface area contributed by atoms with Gasteiger partial charge in [-0.3, -0.25) is 24.0 Å². The largest absolute Gasteiger partial charge is 0.445 e. The fourth-order valence-electron chi connectivity index (χ4n) is 6.91. The predicted molar refractivity (Wildman–Crippen MR) is 222 cm³/mol. The Hall–Kier alpha value is -5.43. The summed E-state index contributed by atoms with van der Waals surface area (Å²) in [5.41, 5.74) is 2.33. The van der Waals surface area contributed by atoms with Crippen LogP contribution in [0.1, 0.15) is 70.1 Å². The van der Waals surface area contributed by atoms with Crippen LogP contribution in [0, 0.1) is 11.8 Å². The van der Waals surface area contributed by atoms with Gasteiger partial charge < -0.3 is 36.2 Å². The Morgan fingerprint density at radius 2 is 1.17 bits per heavy atom. The molecule has 312 valence electrons. The maximum absolute atomic E-state index is 14.2. The van der Waals surface area contributed by atoms with Crippen LogP contribution in [0.2, 0.25) is 5.02 Å². The van der Waals surface area contributed by atoms with Crippen LogP contribution in [0.25, 0.3) is 0 Å². The van der Waals surface area contributed by atoms with Crippen LogP contribution in [-0.4, -0.2) is 84.3 Å². The van der Waals surface area contributed by atoms with Crippen LogP contribution in [-0.2, 0) is 48.2 Å². The highest BCUT2D eigenvalue weighted by Crippen LogP contribution is 2.17. The molecule has 3 aromatic carbocycles. The highest BCUT2D eigenvalue weighted by Gasteiger charge is 2.38. The predicted octanol–water partition coefficient (Wildman–Crippen LogP) is 4.70. The number of carbonyl (C=O) groups excluding carboxylic acids is 6. The van der Waals surface area contributed by atoms with E-state index in [1.165, 1.54) is 11.9 Å². The fourth-order valence-corrected chi connectivity index (χ4v) is 7.03. The third-order valence-corrected chi connectivity index (χ3v) is 10.2. The number of ether oxygens (including phenoxy) is 1. The standard InChI is InChI=1S/C44H57ClN6O7/c1-28(2)24-37-43(56)51(5)38(29(3)4)42(55)47-34(18-12-13-23-46-44(57)58-27-32-19-21-33(45)22-20-32)39(52)48-35(25-30-14-8-6-9-15-30)40(53)49-36(41(54)50-37)26-31-16-10-7-11-17-31/h6-11,14-17,19-22,28-29,34-38H,12-13,18,23-27H2,1-5H3,(H,46,57)(H,47,55)(H,48,52)(H,49,53)(H,50,54)/t34-,35+,36-,37-,38-/m0/s1. The topological polar surface area (TPSA) is 175 Å². The normalized spacial score (nSPS) is 21.0. The Balaban J connectivity index is 1.61. The van der Waals surface area contributed by atoms with Crippen molar-refractivity contribution in [1.82, 2.24) is 31.5 Å². The molecule has 1 heterocycles. The average molecular weight is 817 g/mol. The molecule has 6 amide bonds. The number of hydrogen-bond donors (Lipinski definition) is 5. The molecule has 4 rings (SSSR count). The molecular weight excluding hydrogens is 760 g/mol. The Morgan fingerprint density at radius 3 is 1.69 bits per heavy atom. The molecule has 0 bridgehead atoms. The minimum absolute atomic E-state index is 0.000458. The van der Waals surface area contributed by atoms with E-state index in [-0.39, 0.29) is 50.7 Å². The molecule has 14 heteroatoms. The summed E-state index contributed by atoms with van der Waals surface area (Å²) in [6.07, 6.45) is 0.923. The van der Waals surface area contributed by atoms with E-state index in [0.29, 0.717) is 17.9 Å². The van der Waals surface area contributed by atoms with Crippen LogP contribution >= 0.6 is 11.6 Å². The third-order valence-electron chi connectivity index (χ3n) is 9.92. The summed E-state index contributed by atoms with van der Waals surface area (Å²) in [6.45, 7) is 7.78. The van der Waals surface area contributed by atoms with Gasteiger partial charge in [0.25, 0.3) is 0 Å². The first-order valence-corrected chi connectivity index (χ1v) is 20.3. The summed E-state index contributed by atoms with van der Waals surface area (Å²) in [5, 5.41) is 14.8. The molecule has 0 radical (unpaired) electrons. The van der Waals surface area contributed by atoms with E-state index in [2.05, 4.69) is 26.6 Å². The first-order chi connectivity index (χ1) is 27.7. The van der Waals surface area contributed by atoms with Gasteiger partial charge >= 0.3 is 6.09 Å². The number of alkyl carbamates (subject to hydrolysis) is 1. The van der Waals surface area contributed by atoms with Gasteiger partial charge in [0.2, 0.25) is 29.5 Å². The molecule has 1 aliphatic rings. The van der Waals surface area contributed by atoms with Gasteiger partial charge in [-0.1, -0.05) is 112 Å². The zero-order valence-corrected chi connectivity index (χ0v) is 34.7. The highest BCUT2D eigenvalue weighted by atomic mass is 35.5. The molecule has 0 aliphatic carbocycles. The summed E-state index contributed by atoms with van der Waals surface area (Å²) in [4.78, 5) is 84.6. The lowest BCUT2D eigenvalue weighted by Crippen LogP contribution is -2.59. The second kappa shape index (κ2) is 22.5. The van der Waals surface area contributed by atoms with E-state index in [0.717, 1.165) is 16.7 Å². The minimum Gasteiger partial charge on any atom is -0.445 e. The van der Waals surface area contributed by atoms with Crippen LogP contribution < -0.4 is 26.6 Å². The Morgan fingerprint density at radius 1 is 0.672 bits per heavy atom. The van der Waals surface area contributed by atoms with Crippen LogP contribution in [0.5, 0.6) is 0 Å². The number of unbranched alkanes of at least 4 members (excludes halogenated alkanes) is 1. The van der Waals surface area contributed by atoms with Gasteiger partial charge in [-0.2, -0.15) is 0 Å². The maximum Gasteiger partial charge on any atom is 0.407 e. The van der Waals surface area contributed by atoms with Crippen LogP contribution in [0.4, 0.5) is 4.79 Å². The summed E-state index contributed by atoms with van der Waals surface area (Å²) in [7, 11) is 1.52. The monoisotopic (exact) mass is 816 g/mol. The highest BCUT2D eigenvalue weighted by molar-refractivity contribution is 6.30. The first kappa shape index (κ1) is 45.3. The number of halogens is 1. The van der Waals surface area contributed by atoms with Crippen molar-refractivity contribution in [2.24, 2.45) is 11.8 Å². The van der Waals surface area contributed by atoms with Gasteiger partial charge in [0.05, 0.1) is 0 Å². The van der Waals surface area contributed by atoms with Gasteiger partial charge in [-0.05, 0) is 66.3 Å². The quantitative estimate of drug-likeness (QED) is 0.147. The lowest BCUT2D eigenvalue weighted by Gasteiger charge is -2.34. The lowest BCUT2D eigenvalue weighted by atomic mass is 9.97. The zero-order chi connectivity index (χ0) is 42.2. The Labute approximate surface area is 346 Å². The number of hydrogen-bond acceptors (Lipinski definition) is 7. The number of amides is 6. The smallest absolute Gasteiger partial charge is 0.407 e. The summed E-state index contributed by atoms with van der Waals surface area (Å²) in [5.74, 6) is -3.15. The first-order valence-electron chi connectivity index (χ1n) is 19.9. The Kier molecular flexibility index (Phi) is 17.6. The van der Waals surface area contributed by atoms with E-state index < -0.39 is 65.8 Å². The Bertz CT molecular complexity index is 1830. The van der Waals surface area contributed by atoms with E-state index in [9.17, 15) is 28.8 Å². The third kappa shape index (κ3) is 14.2. The minimum atomic E-state index is -1.13. The molecule has 5 atom stereocenters. The lowest BCUT2D eigenvalue weighted by molar-refractivity contribution is -0.144. The van der Waals surface area contributed by atoms with Gasteiger partial charge in [-0.25, -0.2) is 4.79 Å². The van der Waals surface area contributed by atoms with Crippen molar-refractivity contribution in [3.63, 3.8) is 0 Å². The number of nitrogens with zero attached hydrogens (tertiary/aromatic N) is 1. The van der Waals surface area contributed by atoms with Gasteiger partial charge in [0, 0.05) is 31.5 Å². The molecule has 1 aliphatic heterocycles. The number of likely N-dealkylation sites (N-methyl/N-ethyl adjacent to an activating group) is 1. The molecule has 0 aromatic heterocycles. The fraction of sp³-hybridized carbons (Fsp3) is 0.455. The molecule has 1 fully saturated rings. The summed E-state index contributed by atoms with van der Waals surface area (Å²) in [6, 6.07) is 20.0. The summed E-state index contributed by atoms with van der Waals surface area (Å²) < 4.78 is 5.29. The van der Waals surface area contributed by atoms with Crippen LogP contribution in [0.3, 0.4) is 0 Å². The second-order valence-electron chi connectivity index (χ2n) is 15.5. The molecule has 58 heavy (non-hydrogen) atoms. The summed E-state index contributed by atoms with van der Waals surface area (Å²) >= 11 is 5.93. The van der Waals surface area contributed by atoms with Crippen molar-refractivity contribution < 1.29 is 33.5 Å². The van der Waals surface area contributed by atoms with Crippen molar-refractivity contribution in [3.05, 3.63) is 107 Å². The molecule has 5 N–H and O–H groups in total. The molecule has 0 unspecified atom stereocenters. The van der Waals surface area contributed by atoms with Crippen molar-refractivity contribution in [1.29, 1.82) is 0 Å². The van der Waals surface area contributed by atoms with E-state index in [4.69, 9.17) is 16.3 Å². The van der Waals surface area contributed by atoms with Crippen molar-refractivity contribution in [2.45, 2.75) is 103 Å². The molecular formula is C44H57ClN6O7. The van der Waals surface area contributed by atoms with Gasteiger partial charge in [-0.15, -0.1) is 0 Å². The molecule has 1 saturated heterocycles. The second-order valence-corrected chi connectivity index (χ2v) is 16.0. The molecule has 0 saturated carbocycles. The number of benzene rings is 3. The van der Waals surface area contributed by atoms with Gasteiger partial charge in [0.15, 0.2) is 0 Å². The molecule has 0 spiro atoms. The number of rotatable bonds is 14. The average Bonchev–Trinajstić information content (AvgIpc) is 3.19. The maximum atomic E-state index is 14.2. The van der Waals surface area contributed by atoms with Crippen molar-refractivity contribution >= 4 is 47.2 Å². The SMILES string of the molecule is CC(C)C[C@@H]1NC(=O)[C@H](Cc2ccccc2)NC(=O)[C@@H](Cc2ccccc2)NC(=O)[C@H](CCCCNC(=O)OCc2ccc(Cl)cc2)NC(=O)[C@H](C(C)C)N(C)C1=O. The molecule has 3 aromatic rings. The van der Waals surface area contributed by atoms with Crippen LogP contribution in [0.15, 0.2) is 84.9 Å². The van der Waals surface area contributed by atoms with Crippen molar-refractivity contribution in [3.8, 4) is 0 Å². The van der Waals surface area contributed by atoms with Gasteiger partial charge in [0.1, 0.15) is 36.8 Å². The number of carbonyl (C=O) groups is 6. The number of nitrogens with one attached hydrogen (secondary N) is 5. The van der Waals surface area contributed by atoms with E-state index in [1.807, 2.05) is 74.5 Å². The zero-order valence-electron chi connectivity index (χ0n) is 34.0. The van der Waals surface area contributed by atoms with Crippen molar-refractivity contribution in [2.75, 3.05) is 13.6 Å². The molecule has 13 nitrogen and oxygen atoms in total.